The minimum atomic E-state index is -0.670. The number of halogens is 2. The highest BCUT2D eigenvalue weighted by Crippen LogP contribution is 2.25. The topological polar surface area (TPSA) is 73.9 Å². The van der Waals surface area contributed by atoms with Crippen molar-refractivity contribution in [2.45, 2.75) is 6.92 Å². The fourth-order valence-corrected chi connectivity index (χ4v) is 2.36. The molecule has 0 bridgehead atoms. The van der Waals surface area contributed by atoms with Crippen LogP contribution in [0, 0.1) is 0 Å². The Labute approximate surface area is 160 Å². The van der Waals surface area contributed by atoms with Gasteiger partial charge < -0.3 is 19.5 Å². The number of rotatable bonds is 8. The van der Waals surface area contributed by atoms with Crippen LogP contribution in [0.2, 0.25) is 10.0 Å². The summed E-state index contributed by atoms with van der Waals surface area (Å²) >= 11 is 11.7. The second-order valence-corrected chi connectivity index (χ2v) is 5.87. The molecule has 0 aromatic heterocycles. The Balaban J connectivity index is 1.73. The summed E-state index contributed by atoms with van der Waals surface area (Å²) in [5.41, 5.74) is 0.378. The van der Waals surface area contributed by atoms with Crippen LogP contribution < -0.4 is 14.8 Å². The fourth-order valence-electron chi connectivity index (χ4n) is 1.91. The van der Waals surface area contributed by atoms with Gasteiger partial charge in [-0.2, -0.15) is 0 Å². The molecular formula is C18H17Cl2NO5. The number of carbonyl (C=O) groups excluding carboxylic acids is 2. The summed E-state index contributed by atoms with van der Waals surface area (Å²) in [6.45, 7) is 1.68. The number of benzene rings is 2. The molecule has 0 saturated heterocycles. The largest absolute Gasteiger partial charge is 0.494 e. The van der Waals surface area contributed by atoms with Gasteiger partial charge in [0.15, 0.2) is 13.2 Å². The molecule has 0 saturated carbocycles. The number of anilines is 1. The number of ether oxygens (including phenoxy) is 3. The first-order valence-electron chi connectivity index (χ1n) is 7.74. The molecule has 0 fully saturated rings. The molecule has 2 aromatic rings. The van der Waals surface area contributed by atoms with Crippen LogP contribution >= 0.6 is 23.2 Å². The maximum atomic E-state index is 11.8. The molecule has 6 nitrogen and oxygen atoms in total. The van der Waals surface area contributed by atoms with Crippen LogP contribution in [-0.2, 0) is 14.3 Å². The minimum Gasteiger partial charge on any atom is -0.494 e. The van der Waals surface area contributed by atoms with Gasteiger partial charge in [-0.15, -0.1) is 0 Å². The second kappa shape index (κ2) is 9.89. The molecule has 0 aliphatic rings. The van der Waals surface area contributed by atoms with Crippen molar-refractivity contribution in [3.05, 3.63) is 52.5 Å². The van der Waals surface area contributed by atoms with Crippen LogP contribution in [0.15, 0.2) is 42.5 Å². The highest BCUT2D eigenvalue weighted by Gasteiger charge is 2.10. The van der Waals surface area contributed by atoms with Crippen molar-refractivity contribution >= 4 is 40.8 Å². The van der Waals surface area contributed by atoms with Crippen LogP contribution in [0.4, 0.5) is 5.69 Å². The first kappa shape index (κ1) is 19.9. The molecule has 138 valence electrons. The van der Waals surface area contributed by atoms with E-state index in [1.807, 2.05) is 6.92 Å². The zero-order chi connectivity index (χ0) is 18.9. The summed E-state index contributed by atoms with van der Waals surface area (Å²) < 4.78 is 15.4. The number of nitrogens with one attached hydrogen (secondary N) is 1. The van der Waals surface area contributed by atoms with Gasteiger partial charge in [0.05, 0.1) is 17.3 Å². The average Bonchev–Trinajstić information content (AvgIpc) is 2.62. The van der Waals surface area contributed by atoms with Crippen LogP contribution in [0.1, 0.15) is 6.92 Å². The Morgan fingerprint density at radius 1 is 0.962 bits per heavy atom. The summed E-state index contributed by atoms with van der Waals surface area (Å²) in [5, 5.41) is 3.26. The van der Waals surface area contributed by atoms with Crippen LogP contribution in [-0.4, -0.2) is 31.7 Å². The van der Waals surface area contributed by atoms with Crippen molar-refractivity contribution < 1.29 is 23.8 Å². The molecule has 8 heteroatoms. The maximum absolute atomic E-state index is 11.8. The van der Waals surface area contributed by atoms with E-state index in [-0.39, 0.29) is 11.6 Å². The lowest BCUT2D eigenvalue weighted by Crippen LogP contribution is -2.23. The zero-order valence-electron chi connectivity index (χ0n) is 14.0. The molecule has 2 rings (SSSR count). The molecule has 0 atom stereocenters. The van der Waals surface area contributed by atoms with Gasteiger partial charge in [0.1, 0.15) is 11.5 Å². The van der Waals surface area contributed by atoms with Gasteiger partial charge in [0.2, 0.25) is 0 Å². The standard InChI is InChI=1S/C18H17Cl2NO5/c1-2-24-13-4-6-14(7-5-13)25-11-18(23)26-10-17(22)21-16-8-3-12(19)9-15(16)20/h3-9H,2,10-11H2,1H3,(H,21,22). The molecule has 0 heterocycles. The lowest BCUT2D eigenvalue weighted by atomic mass is 10.3. The Kier molecular flexibility index (Phi) is 7.56. The Bertz CT molecular complexity index is 765. The molecule has 0 aliphatic heterocycles. The van der Waals surface area contributed by atoms with E-state index >= 15 is 0 Å². The molecule has 1 N–H and O–H groups in total. The number of hydrogen-bond donors (Lipinski definition) is 1. The monoisotopic (exact) mass is 397 g/mol. The van der Waals surface area contributed by atoms with Gasteiger partial charge in [-0.05, 0) is 49.4 Å². The molecule has 0 radical (unpaired) electrons. The lowest BCUT2D eigenvalue weighted by Gasteiger charge is -2.09. The first-order chi connectivity index (χ1) is 12.5. The van der Waals surface area contributed by atoms with Gasteiger partial charge in [-0.25, -0.2) is 4.79 Å². The molecule has 0 unspecified atom stereocenters. The first-order valence-corrected chi connectivity index (χ1v) is 8.49. The van der Waals surface area contributed by atoms with E-state index in [0.717, 1.165) is 0 Å². The summed E-state index contributed by atoms with van der Waals surface area (Å²) in [7, 11) is 0. The third-order valence-corrected chi connectivity index (χ3v) is 3.61. The number of hydrogen-bond acceptors (Lipinski definition) is 5. The minimum absolute atomic E-state index is 0.288. The average molecular weight is 398 g/mol. The Morgan fingerprint density at radius 3 is 2.23 bits per heavy atom. The van der Waals surface area contributed by atoms with Crippen molar-refractivity contribution in [1.29, 1.82) is 0 Å². The molecule has 1 amide bonds. The number of amides is 1. The zero-order valence-corrected chi connectivity index (χ0v) is 15.5. The van der Waals surface area contributed by atoms with Crippen LogP contribution in [0.3, 0.4) is 0 Å². The van der Waals surface area contributed by atoms with Crippen LogP contribution in [0.25, 0.3) is 0 Å². The smallest absolute Gasteiger partial charge is 0.344 e. The molecular weight excluding hydrogens is 381 g/mol. The maximum Gasteiger partial charge on any atom is 0.344 e. The molecule has 0 spiro atoms. The van der Waals surface area contributed by atoms with Gasteiger partial charge in [-0.1, -0.05) is 23.2 Å². The summed E-state index contributed by atoms with van der Waals surface area (Å²) in [6.07, 6.45) is 0. The van der Waals surface area contributed by atoms with Crippen molar-refractivity contribution in [3.63, 3.8) is 0 Å². The van der Waals surface area contributed by atoms with E-state index in [0.29, 0.717) is 28.8 Å². The van der Waals surface area contributed by atoms with E-state index in [1.165, 1.54) is 6.07 Å². The van der Waals surface area contributed by atoms with Crippen molar-refractivity contribution in [3.8, 4) is 11.5 Å². The highest BCUT2D eigenvalue weighted by atomic mass is 35.5. The van der Waals surface area contributed by atoms with E-state index < -0.39 is 18.5 Å². The second-order valence-electron chi connectivity index (χ2n) is 5.03. The summed E-state index contributed by atoms with van der Waals surface area (Å²) in [4.78, 5) is 23.5. The van der Waals surface area contributed by atoms with Crippen molar-refractivity contribution in [1.82, 2.24) is 0 Å². The van der Waals surface area contributed by atoms with Crippen molar-refractivity contribution in [2.75, 3.05) is 25.1 Å². The van der Waals surface area contributed by atoms with Gasteiger partial charge in [-0.3, -0.25) is 4.79 Å². The summed E-state index contributed by atoms with van der Waals surface area (Å²) in [5.74, 6) is 0.00244. The number of carbonyl (C=O) groups is 2. The lowest BCUT2D eigenvalue weighted by molar-refractivity contribution is -0.149. The third kappa shape index (κ3) is 6.46. The Hall–Kier alpha value is -2.44. The summed E-state index contributed by atoms with van der Waals surface area (Å²) in [6, 6.07) is 11.4. The molecule has 2 aromatic carbocycles. The van der Waals surface area contributed by atoms with E-state index in [4.69, 9.17) is 37.4 Å². The van der Waals surface area contributed by atoms with Crippen molar-refractivity contribution in [2.24, 2.45) is 0 Å². The van der Waals surface area contributed by atoms with Gasteiger partial charge in [0.25, 0.3) is 5.91 Å². The predicted octanol–water partition coefficient (Wildman–Crippen LogP) is 3.95. The predicted molar refractivity (Wildman–Crippen MR) is 99.2 cm³/mol. The third-order valence-electron chi connectivity index (χ3n) is 3.06. The van der Waals surface area contributed by atoms with Crippen LogP contribution in [0.5, 0.6) is 11.5 Å². The quantitative estimate of drug-likeness (QED) is 0.682. The SMILES string of the molecule is CCOc1ccc(OCC(=O)OCC(=O)Nc2ccc(Cl)cc2Cl)cc1. The molecule has 0 aliphatic carbocycles. The number of esters is 1. The molecule has 26 heavy (non-hydrogen) atoms. The van der Waals surface area contributed by atoms with E-state index in [2.05, 4.69) is 5.32 Å². The van der Waals surface area contributed by atoms with E-state index in [1.54, 1.807) is 36.4 Å². The normalized spacial score (nSPS) is 10.1. The van der Waals surface area contributed by atoms with Gasteiger partial charge >= 0.3 is 5.97 Å². The van der Waals surface area contributed by atoms with Gasteiger partial charge in [0, 0.05) is 5.02 Å². The fraction of sp³-hybridized carbons (Fsp3) is 0.222. The highest BCUT2D eigenvalue weighted by molar-refractivity contribution is 6.36. The Morgan fingerprint density at radius 2 is 1.62 bits per heavy atom. The van der Waals surface area contributed by atoms with E-state index in [9.17, 15) is 9.59 Å².